The monoisotopic (exact) mass is 644 g/mol. The maximum Gasteiger partial charge on any atom is 0.407 e. The quantitative estimate of drug-likeness (QED) is 0.388. The fourth-order valence-electron chi connectivity index (χ4n) is 5.77. The molecule has 2 fully saturated rings. The number of carbonyl (C=O) groups is 2. The van der Waals surface area contributed by atoms with Crippen LogP contribution < -0.4 is 15.1 Å². The van der Waals surface area contributed by atoms with Crippen LogP contribution in [0.4, 0.5) is 29.9 Å². The molecule has 0 spiro atoms. The molecule has 0 bridgehead atoms. The molecule has 2 amide bonds. The summed E-state index contributed by atoms with van der Waals surface area (Å²) in [5.74, 6) is -4.54. The van der Waals surface area contributed by atoms with Crippen LogP contribution in [0.5, 0.6) is 0 Å². The van der Waals surface area contributed by atoms with Crippen LogP contribution in [0, 0.1) is 12.7 Å². The number of halogens is 3. The molecule has 2 aliphatic rings. The summed E-state index contributed by atoms with van der Waals surface area (Å²) >= 11 is 0. The minimum Gasteiger partial charge on any atom is -0.444 e. The van der Waals surface area contributed by atoms with E-state index in [-0.39, 0.29) is 23.8 Å². The zero-order chi connectivity index (χ0) is 33.4. The summed E-state index contributed by atoms with van der Waals surface area (Å²) in [6.07, 6.45) is 3.45. The van der Waals surface area contributed by atoms with Gasteiger partial charge in [0.15, 0.2) is 0 Å². The molecule has 0 aliphatic carbocycles. The molecule has 1 N–H and O–H groups in total. The minimum atomic E-state index is -3.20. The second-order valence-electron chi connectivity index (χ2n) is 13.0. The Kier molecular flexibility index (Phi) is 9.14. The Balaban J connectivity index is 1.23. The van der Waals surface area contributed by atoms with Gasteiger partial charge in [-0.3, -0.25) is 4.79 Å². The van der Waals surface area contributed by atoms with Gasteiger partial charge >= 0.3 is 18.0 Å². The van der Waals surface area contributed by atoms with Crippen LogP contribution in [0.25, 0.3) is 0 Å². The lowest BCUT2D eigenvalue weighted by atomic mass is 9.92. The highest BCUT2D eigenvalue weighted by molar-refractivity contribution is 5.93. The Morgan fingerprint density at radius 1 is 1.07 bits per heavy atom. The molecule has 248 valence electrons. The number of nitrogens with one attached hydrogen (secondary N) is 1. The number of alkyl halides is 2. The zero-order valence-corrected chi connectivity index (χ0v) is 26.8. The fraction of sp³-hybridized carbons (Fsp3) is 0.548. The summed E-state index contributed by atoms with van der Waals surface area (Å²) in [6, 6.07) is 4.33. The van der Waals surface area contributed by atoms with Gasteiger partial charge in [-0.05, 0) is 52.2 Å². The number of anilines is 2. The second kappa shape index (κ2) is 12.8. The Morgan fingerprint density at radius 3 is 2.35 bits per heavy atom. The minimum absolute atomic E-state index is 0.0331. The van der Waals surface area contributed by atoms with E-state index >= 15 is 0 Å². The molecule has 2 aromatic heterocycles. The van der Waals surface area contributed by atoms with E-state index in [0.29, 0.717) is 63.0 Å². The van der Waals surface area contributed by atoms with Gasteiger partial charge in [-0.25, -0.2) is 19.2 Å². The van der Waals surface area contributed by atoms with Crippen LogP contribution in [0.15, 0.2) is 35.1 Å². The molecule has 4 heterocycles. The maximum absolute atomic E-state index is 15.0. The Labute approximate surface area is 265 Å². The van der Waals surface area contributed by atoms with E-state index in [4.69, 9.17) is 9.26 Å². The number of aryl methyl sites for hydroxylation is 1. The van der Waals surface area contributed by atoms with Gasteiger partial charge in [-0.1, -0.05) is 22.9 Å². The Morgan fingerprint density at radius 2 is 1.74 bits per heavy atom. The van der Waals surface area contributed by atoms with Crippen molar-refractivity contribution in [1.29, 1.82) is 0 Å². The normalized spacial score (nSPS) is 19.3. The van der Waals surface area contributed by atoms with Crippen molar-refractivity contribution in [3.8, 4) is 0 Å². The predicted molar refractivity (Wildman–Crippen MR) is 162 cm³/mol. The van der Waals surface area contributed by atoms with E-state index in [0.717, 1.165) is 5.56 Å². The SMILES string of the molecule is Cc1ccc(F)c(C2CN(c3ncc(C(=O)N(C)C4CCN(c5nc(C(C)(F)F)no5)CC4)cn3)CC2NC(=O)OC(C)(C)C)c1. The number of hydrogen-bond acceptors (Lipinski definition) is 10. The first-order valence-corrected chi connectivity index (χ1v) is 15.2. The molecule has 3 aromatic rings. The van der Waals surface area contributed by atoms with Crippen LogP contribution in [-0.4, -0.2) is 87.9 Å². The highest BCUT2D eigenvalue weighted by Crippen LogP contribution is 2.33. The van der Waals surface area contributed by atoms with Gasteiger partial charge in [0.1, 0.15) is 11.4 Å². The third-order valence-electron chi connectivity index (χ3n) is 8.15. The molecule has 12 nitrogen and oxygen atoms in total. The number of alkyl carbamates (subject to hydrolysis) is 1. The van der Waals surface area contributed by atoms with Gasteiger partial charge in [-0.15, -0.1) is 0 Å². The summed E-state index contributed by atoms with van der Waals surface area (Å²) in [6.45, 7) is 9.44. The fourth-order valence-corrected chi connectivity index (χ4v) is 5.77. The molecule has 46 heavy (non-hydrogen) atoms. The molecule has 0 saturated carbocycles. The average molecular weight is 645 g/mol. The first kappa shape index (κ1) is 32.9. The number of aromatic nitrogens is 4. The molecule has 2 atom stereocenters. The van der Waals surface area contributed by atoms with Gasteiger partial charge in [0, 0.05) is 64.5 Å². The van der Waals surface area contributed by atoms with Crippen LogP contribution in [0.1, 0.15) is 73.8 Å². The molecular formula is C31H39F3N8O4. The molecule has 2 unspecified atom stereocenters. The van der Waals surface area contributed by atoms with Crippen molar-refractivity contribution in [2.45, 2.75) is 77.0 Å². The molecule has 15 heteroatoms. The van der Waals surface area contributed by atoms with E-state index in [2.05, 4.69) is 25.4 Å². The number of ether oxygens (including phenoxy) is 1. The summed E-state index contributed by atoms with van der Waals surface area (Å²) in [7, 11) is 1.70. The summed E-state index contributed by atoms with van der Waals surface area (Å²) < 4.78 is 52.5. The molecular weight excluding hydrogens is 605 g/mol. The largest absolute Gasteiger partial charge is 0.444 e. The van der Waals surface area contributed by atoms with Gasteiger partial charge in [0.2, 0.25) is 11.8 Å². The standard InChI is InChI=1S/C31H39F3N8O4/c1-18-7-8-23(32)21(13-18)22-16-42(17-24(22)37-29(44)45-30(2,3)4)27-35-14-19(15-36-27)25(43)40(6)20-9-11-41(12-10-20)28-38-26(39-46-28)31(5,33)34/h7-8,13-15,20,22,24H,9-12,16-17H2,1-6H3,(H,37,44). The maximum atomic E-state index is 15.0. The highest BCUT2D eigenvalue weighted by Gasteiger charge is 2.39. The van der Waals surface area contributed by atoms with Crippen molar-refractivity contribution in [2.75, 3.05) is 43.0 Å². The Bertz CT molecular complexity index is 1550. The average Bonchev–Trinajstić information content (AvgIpc) is 3.65. The third kappa shape index (κ3) is 7.50. The number of amides is 2. The molecule has 5 rings (SSSR count). The van der Waals surface area contributed by atoms with Crippen molar-refractivity contribution in [2.24, 2.45) is 0 Å². The van der Waals surface area contributed by atoms with Gasteiger partial charge in [0.25, 0.3) is 5.91 Å². The van der Waals surface area contributed by atoms with Gasteiger partial charge < -0.3 is 29.3 Å². The molecule has 1 aromatic carbocycles. The first-order chi connectivity index (χ1) is 21.6. The van der Waals surface area contributed by atoms with Crippen molar-refractivity contribution >= 4 is 24.0 Å². The van der Waals surface area contributed by atoms with Crippen molar-refractivity contribution < 1.29 is 32.0 Å². The van der Waals surface area contributed by atoms with Crippen LogP contribution in [0.2, 0.25) is 0 Å². The lowest BCUT2D eigenvalue weighted by molar-refractivity contribution is 0.00557. The number of benzene rings is 1. The number of carbonyl (C=O) groups excluding carboxylic acids is 2. The lowest BCUT2D eigenvalue weighted by Crippen LogP contribution is -2.45. The van der Waals surface area contributed by atoms with Crippen LogP contribution in [-0.2, 0) is 10.7 Å². The number of piperidine rings is 1. The van der Waals surface area contributed by atoms with E-state index < -0.39 is 35.4 Å². The number of nitrogens with zero attached hydrogens (tertiary/aromatic N) is 7. The highest BCUT2D eigenvalue weighted by atomic mass is 19.3. The number of hydrogen-bond donors (Lipinski definition) is 1. The first-order valence-electron chi connectivity index (χ1n) is 15.2. The lowest BCUT2D eigenvalue weighted by Gasteiger charge is -2.35. The zero-order valence-electron chi connectivity index (χ0n) is 26.8. The summed E-state index contributed by atoms with van der Waals surface area (Å²) in [5.41, 5.74) is 0.968. The topological polar surface area (TPSA) is 130 Å². The predicted octanol–water partition coefficient (Wildman–Crippen LogP) is 4.66. The molecule has 2 saturated heterocycles. The van der Waals surface area contributed by atoms with E-state index in [1.807, 2.05) is 11.8 Å². The molecule has 2 aliphatic heterocycles. The van der Waals surface area contributed by atoms with E-state index in [1.54, 1.807) is 49.8 Å². The summed E-state index contributed by atoms with van der Waals surface area (Å²) in [4.78, 5) is 43.9. The Hall–Kier alpha value is -4.43. The molecule has 0 radical (unpaired) electrons. The van der Waals surface area contributed by atoms with Crippen molar-refractivity contribution in [3.05, 3.63) is 58.9 Å². The van der Waals surface area contributed by atoms with E-state index in [1.165, 1.54) is 18.5 Å². The third-order valence-corrected chi connectivity index (χ3v) is 8.15. The smallest absolute Gasteiger partial charge is 0.407 e. The van der Waals surface area contributed by atoms with Crippen molar-refractivity contribution in [3.63, 3.8) is 0 Å². The van der Waals surface area contributed by atoms with Gasteiger partial charge in [-0.2, -0.15) is 13.8 Å². The van der Waals surface area contributed by atoms with Crippen LogP contribution in [0.3, 0.4) is 0 Å². The number of rotatable bonds is 7. The van der Waals surface area contributed by atoms with E-state index in [9.17, 15) is 22.8 Å². The van der Waals surface area contributed by atoms with Gasteiger partial charge in [0.05, 0.1) is 11.6 Å². The van der Waals surface area contributed by atoms with Crippen molar-refractivity contribution in [1.82, 2.24) is 30.3 Å². The van der Waals surface area contributed by atoms with Crippen LogP contribution >= 0.6 is 0 Å². The second-order valence-corrected chi connectivity index (χ2v) is 13.0. The summed E-state index contributed by atoms with van der Waals surface area (Å²) in [5, 5.41) is 6.27.